The van der Waals surface area contributed by atoms with Crippen LogP contribution in [0.4, 0.5) is 13.2 Å². The van der Waals surface area contributed by atoms with E-state index in [9.17, 15) is 18.0 Å². The number of rotatable bonds is 6. The summed E-state index contributed by atoms with van der Waals surface area (Å²) in [6.07, 6.45) is 3.93. The van der Waals surface area contributed by atoms with Crippen LogP contribution in [-0.2, 0) is 11.3 Å². The molecule has 1 aliphatic carbocycles. The molecule has 0 saturated carbocycles. The zero-order valence-corrected chi connectivity index (χ0v) is 17.3. The standard InChI is InChI=1S/C25H20F3NO3/c1-31-25(30)21-12-15(8-10-22(21)27)18-4-2-5-19(18)20-6-3-11-29-24(20)32-14-16-7-9-17(26)13-23(16)28/h3,6-13H,2,4-5,14H2,1H3. The molecule has 4 nitrogen and oxygen atoms in total. The third-order valence-corrected chi connectivity index (χ3v) is 5.41. The molecule has 0 unspecified atom stereocenters. The molecule has 32 heavy (non-hydrogen) atoms. The lowest BCUT2D eigenvalue weighted by Crippen LogP contribution is -2.05. The van der Waals surface area contributed by atoms with E-state index in [1.165, 1.54) is 31.4 Å². The highest BCUT2D eigenvalue weighted by atomic mass is 19.1. The summed E-state index contributed by atoms with van der Waals surface area (Å²) >= 11 is 0. The monoisotopic (exact) mass is 439 g/mol. The van der Waals surface area contributed by atoms with Crippen LogP contribution in [0.25, 0.3) is 11.1 Å². The maximum absolute atomic E-state index is 14.1. The number of carbonyl (C=O) groups excluding carboxylic acids is 1. The summed E-state index contributed by atoms with van der Waals surface area (Å²) in [5, 5.41) is 0. The summed E-state index contributed by atoms with van der Waals surface area (Å²) in [6, 6.07) is 11.3. The van der Waals surface area contributed by atoms with Crippen molar-refractivity contribution in [2.75, 3.05) is 7.11 Å². The minimum Gasteiger partial charge on any atom is -0.472 e. The van der Waals surface area contributed by atoms with E-state index in [-0.39, 0.29) is 17.7 Å². The highest BCUT2D eigenvalue weighted by Gasteiger charge is 2.23. The molecule has 164 valence electrons. The summed E-state index contributed by atoms with van der Waals surface area (Å²) in [4.78, 5) is 16.2. The van der Waals surface area contributed by atoms with Crippen LogP contribution in [0.5, 0.6) is 5.88 Å². The lowest BCUT2D eigenvalue weighted by atomic mass is 9.96. The second-order valence-electron chi connectivity index (χ2n) is 7.38. The second-order valence-corrected chi connectivity index (χ2v) is 7.38. The maximum Gasteiger partial charge on any atom is 0.340 e. The van der Waals surface area contributed by atoms with Crippen molar-refractivity contribution >= 4 is 17.1 Å². The van der Waals surface area contributed by atoms with E-state index in [0.717, 1.165) is 47.6 Å². The molecule has 0 spiro atoms. The number of hydrogen-bond donors (Lipinski definition) is 0. The molecule has 0 fully saturated rings. The third kappa shape index (κ3) is 4.37. The molecule has 7 heteroatoms. The van der Waals surface area contributed by atoms with Crippen molar-refractivity contribution < 1.29 is 27.4 Å². The van der Waals surface area contributed by atoms with Crippen LogP contribution in [0, 0.1) is 17.5 Å². The van der Waals surface area contributed by atoms with E-state index in [0.29, 0.717) is 5.88 Å². The van der Waals surface area contributed by atoms with Crippen LogP contribution in [0.15, 0.2) is 54.7 Å². The quantitative estimate of drug-likeness (QED) is 0.445. The molecule has 1 aliphatic rings. The third-order valence-electron chi connectivity index (χ3n) is 5.41. The van der Waals surface area contributed by atoms with Gasteiger partial charge >= 0.3 is 5.97 Å². The van der Waals surface area contributed by atoms with Crippen LogP contribution >= 0.6 is 0 Å². The van der Waals surface area contributed by atoms with Gasteiger partial charge in [0, 0.05) is 23.4 Å². The van der Waals surface area contributed by atoms with Gasteiger partial charge in [-0.05, 0) is 72.4 Å². The Labute approximate surface area is 183 Å². The molecule has 0 atom stereocenters. The van der Waals surface area contributed by atoms with E-state index in [1.807, 2.05) is 6.07 Å². The van der Waals surface area contributed by atoms with Crippen molar-refractivity contribution in [2.24, 2.45) is 0 Å². The number of halogens is 3. The molecule has 0 saturated heterocycles. The fourth-order valence-electron chi connectivity index (χ4n) is 3.86. The zero-order valence-electron chi connectivity index (χ0n) is 17.3. The number of allylic oxidation sites excluding steroid dienone is 2. The lowest BCUT2D eigenvalue weighted by Gasteiger charge is -2.14. The van der Waals surface area contributed by atoms with Crippen molar-refractivity contribution in [2.45, 2.75) is 25.9 Å². The molecule has 0 bridgehead atoms. The second kappa shape index (κ2) is 9.26. The van der Waals surface area contributed by atoms with Gasteiger partial charge in [0.15, 0.2) is 0 Å². The van der Waals surface area contributed by atoms with Crippen LogP contribution < -0.4 is 4.74 Å². The molecular formula is C25H20F3NO3. The summed E-state index contributed by atoms with van der Waals surface area (Å²) in [6.45, 7) is -0.109. The molecule has 4 rings (SSSR count). The van der Waals surface area contributed by atoms with Crippen LogP contribution in [0.2, 0.25) is 0 Å². The fourth-order valence-corrected chi connectivity index (χ4v) is 3.86. The topological polar surface area (TPSA) is 48.4 Å². The number of methoxy groups -OCH3 is 1. The minimum atomic E-state index is -0.740. The Kier molecular flexibility index (Phi) is 6.25. The van der Waals surface area contributed by atoms with E-state index in [2.05, 4.69) is 9.72 Å². The smallest absolute Gasteiger partial charge is 0.340 e. The Morgan fingerprint density at radius 2 is 1.81 bits per heavy atom. The largest absolute Gasteiger partial charge is 0.472 e. The van der Waals surface area contributed by atoms with Gasteiger partial charge < -0.3 is 9.47 Å². The van der Waals surface area contributed by atoms with Crippen molar-refractivity contribution in [3.8, 4) is 5.88 Å². The number of carbonyl (C=O) groups is 1. The van der Waals surface area contributed by atoms with E-state index >= 15 is 0 Å². The first-order chi connectivity index (χ1) is 15.5. The first-order valence-electron chi connectivity index (χ1n) is 10.1. The highest BCUT2D eigenvalue weighted by Crippen LogP contribution is 2.42. The number of esters is 1. The van der Waals surface area contributed by atoms with Gasteiger partial charge in [0.05, 0.1) is 12.7 Å². The van der Waals surface area contributed by atoms with Crippen LogP contribution in [0.3, 0.4) is 0 Å². The molecule has 3 aromatic rings. The van der Waals surface area contributed by atoms with Gasteiger partial charge in [-0.25, -0.2) is 22.9 Å². The first-order valence-corrected chi connectivity index (χ1v) is 10.1. The van der Waals surface area contributed by atoms with Gasteiger partial charge in [-0.2, -0.15) is 0 Å². The van der Waals surface area contributed by atoms with Gasteiger partial charge in [0.25, 0.3) is 0 Å². The molecule has 1 aromatic heterocycles. The Bertz CT molecular complexity index is 1210. The number of pyridine rings is 1. The Morgan fingerprint density at radius 1 is 1.00 bits per heavy atom. The lowest BCUT2D eigenvalue weighted by molar-refractivity contribution is 0.0595. The summed E-state index contributed by atoms with van der Waals surface area (Å²) in [5.41, 5.74) is 3.48. The minimum absolute atomic E-state index is 0.109. The highest BCUT2D eigenvalue weighted by molar-refractivity contribution is 5.96. The number of benzene rings is 2. The predicted molar refractivity (Wildman–Crippen MR) is 113 cm³/mol. The number of hydrogen-bond acceptors (Lipinski definition) is 4. The molecule has 0 radical (unpaired) electrons. The van der Waals surface area contributed by atoms with Crippen molar-refractivity contribution in [1.29, 1.82) is 0 Å². The molecule has 1 heterocycles. The van der Waals surface area contributed by atoms with Crippen molar-refractivity contribution in [3.05, 3.63) is 94.4 Å². The average molecular weight is 439 g/mol. The normalized spacial score (nSPS) is 13.4. The molecule has 0 amide bonds. The summed E-state index contributed by atoms with van der Waals surface area (Å²) in [5.74, 6) is -2.41. The van der Waals surface area contributed by atoms with E-state index < -0.39 is 23.4 Å². The van der Waals surface area contributed by atoms with Gasteiger partial charge in [-0.1, -0.05) is 6.07 Å². The van der Waals surface area contributed by atoms with Gasteiger partial charge in [-0.3, -0.25) is 0 Å². The van der Waals surface area contributed by atoms with E-state index in [1.54, 1.807) is 18.3 Å². The Morgan fingerprint density at radius 3 is 2.59 bits per heavy atom. The first kappa shape index (κ1) is 21.6. The van der Waals surface area contributed by atoms with Crippen molar-refractivity contribution in [3.63, 3.8) is 0 Å². The zero-order chi connectivity index (χ0) is 22.7. The summed E-state index contributed by atoms with van der Waals surface area (Å²) < 4.78 is 51.7. The van der Waals surface area contributed by atoms with Gasteiger partial charge in [0.2, 0.25) is 5.88 Å². The molecule has 2 aromatic carbocycles. The van der Waals surface area contributed by atoms with Crippen LogP contribution in [0.1, 0.15) is 46.3 Å². The van der Waals surface area contributed by atoms with Crippen LogP contribution in [-0.4, -0.2) is 18.1 Å². The molecule has 0 aliphatic heterocycles. The molecular weight excluding hydrogens is 419 g/mol. The SMILES string of the molecule is COC(=O)c1cc(C2=C(c3cccnc3OCc3ccc(F)cc3F)CCC2)ccc1F. The Hall–Kier alpha value is -3.61. The summed E-state index contributed by atoms with van der Waals surface area (Å²) in [7, 11) is 1.21. The van der Waals surface area contributed by atoms with Crippen molar-refractivity contribution in [1.82, 2.24) is 4.98 Å². The number of nitrogens with zero attached hydrogens (tertiary/aromatic N) is 1. The number of ether oxygens (including phenoxy) is 2. The maximum atomic E-state index is 14.1. The average Bonchev–Trinajstić information content (AvgIpc) is 3.28. The fraction of sp³-hybridized carbons (Fsp3) is 0.200. The molecule has 0 N–H and O–H groups in total. The van der Waals surface area contributed by atoms with E-state index in [4.69, 9.17) is 4.74 Å². The number of aromatic nitrogens is 1. The van der Waals surface area contributed by atoms with Gasteiger partial charge in [0.1, 0.15) is 24.1 Å². The Balaban J connectivity index is 1.69. The predicted octanol–water partition coefficient (Wildman–Crippen LogP) is 5.96. The van der Waals surface area contributed by atoms with Gasteiger partial charge in [-0.15, -0.1) is 0 Å².